The summed E-state index contributed by atoms with van der Waals surface area (Å²) in [6.45, 7) is 5.92. The number of nitrogens with zero attached hydrogens (tertiary/aromatic N) is 6. The molecule has 0 aliphatic carbocycles. The summed E-state index contributed by atoms with van der Waals surface area (Å²) in [7, 11) is -0.426. The molecule has 0 amide bonds. The van der Waals surface area contributed by atoms with Crippen LogP contribution in [0.2, 0.25) is 0 Å². The van der Waals surface area contributed by atoms with E-state index in [9.17, 15) is 23.3 Å². The first kappa shape index (κ1) is 31.1. The smallest absolute Gasteiger partial charge is 0.294 e. The third-order valence-electron chi connectivity index (χ3n) is 7.18. The second kappa shape index (κ2) is 13.4. The molecule has 3 heterocycles. The molecule has 1 aliphatic heterocycles. The Labute approximate surface area is 244 Å². The van der Waals surface area contributed by atoms with Crippen LogP contribution >= 0.6 is 0 Å². The fraction of sp³-hybridized carbons (Fsp3) is 0.519. The van der Waals surface area contributed by atoms with Gasteiger partial charge in [-0.2, -0.15) is 4.31 Å². The number of benzene rings is 1. The molecule has 0 bridgehead atoms. The van der Waals surface area contributed by atoms with E-state index in [1.807, 2.05) is 18.7 Å². The van der Waals surface area contributed by atoms with Gasteiger partial charge in [0.1, 0.15) is 29.2 Å². The van der Waals surface area contributed by atoms with Crippen molar-refractivity contribution in [3.63, 3.8) is 0 Å². The van der Waals surface area contributed by atoms with Crippen molar-refractivity contribution in [2.45, 2.75) is 38.0 Å². The maximum atomic E-state index is 13.7. The zero-order valence-corrected chi connectivity index (χ0v) is 25.1. The predicted molar refractivity (Wildman–Crippen MR) is 158 cm³/mol. The zero-order valence-electron chi connectivity index (χ0n) is 24.3. The van der Waals surface area contributed by atoms with Gasteiger partial charge in [0.15, 0.2) is 0 Å². The molecule has 4 rings (SSSR count). The molecule has 2 aromatic heterocycles. The van der Waals surface area contributed by atoms with E-state index in [2.05, 4.69) is 14.8 Å². The summed E-state index contributed by atoms with van der Waals surface area (Å²) in [6.07, 6.45) is 3.97. The first-order valence-corrected chi connectivity index (χ1v) is 15.4. The lowest BCUT2D eigenvalue weighted by Crippen LogP contribution is -2.49. The van der Waals surface area contributed by atoms with Crippen LogP contribution in [0.5, 0.6) is 5.75 Å². The number of nitrogens with one attached hydrogen (secondary N) is 1. The number of fused-ring (bicyclic) bond motifs is 1. The van der Waals surface area contributed by atoms with E-state index in [1.165, 1.54) is 16.4 Å². The van der Waals surface area contributed by atoms with Gasteiger partial charge in [-0.05, 0) is 31.0 Å². The predicted octanol–water partition coefficient (Wildman–Crippen LogP) is 2.23. The Morgan fingerprint density at radius 1 is 1.17 bits per heavy atom. The molecule has 42 heavy (non-hydrogen) atoms. The van der Waals surface area contributed by atoms with Crippen molar-refractivity contribution in [1.29, 1.82) is 0 Å². The van der Waals surface area contributed by atoms with Crippen molar-refractivity contribution in [3.8, 4) is 17.1 Å². The molecule has 1 aliphatic rings. The highest BCUT2D eigenvalue weighted by Gasteiger charge is 2.30. The first-order valence-electron chi connectivity index (χ1n) is 13.9. The first-order chi connectivity index (χ1) is 20.1. The molecule has 228 valence electrons. The highest BCUT2D eigenvalue weighted by Crippen LogP contribution is 2.33. The summed E-state index contributed by atoms with van der Waals surface area (Å²) in [6, 6.07) is 4.59. The molecule has 1 N–H and O–H groups in total. The topological polar surface area (TPSA) is 165 Å². The third kappa shape index (κ3) is 6.47. The normalized spacial score (nSPS) is 15.0. The molecule has 0 saturated carbocycles. The molecule has 1 fully saturated rings. The molecule has 15 heteroatoms. The molecule has 0 unspecified atom stereocenters. The molecule has 1 aromatic carbocycles. The van der Waals surface area contributed by atoms with Gasteiger partial charge in [0.05, 0.1) is 22.8 Å². The second-order valence-corrected chi connectivity index (χ2v) is 11.9. The van der Waals surface area contributed by atoms with Crippen molar-refractivity contribution in [2.75, 3.05) is 53.0 Å². The van der Waals surface area contributed by atoms with Crippen molar-refractivity contribution in [3.05, 3.63) is 49.9 Å². The SMILES string of the molecule is CCCOc1ccc(S(=O)(=O)N2CCN(CCO[N+](=O)[O-])CC2)cc1-c1nc2c(CCC)c(C=NC)n(C)c2c(=O)[nH]1. The number of hydrogen-bond donors (Lipinski definition) is 1. The number of aliphatic imine (C=N–C) groups is 1. The molecule has 0 spiro atoms. The molecule has 0 atom stereocenters. The van der Waals surface area contributed by atoms with Crippen LogP contribution in [0.25, 0.3) is 22.4 Å². The Kier molecular flexibility index (Phi) is 9.96. The summed E-state index contributed by atoms with van der Waals surface area (Å²) >= 11 is 0. The van der Waals surface area contributed by atoms with Gasteiger partial charge in [-0.25, -0.2) is 13.4 Å². The minimum Gasteiger partial charge on any atom is -0.493 e. The summed E-state index contributed by atoms with van der Waals surface area (Å²) < 4.78 is 36.5. The van der Waals surface area contributed by atoms with Gasteiger partial charge >= 0.3 is 0 Å². The van der Waals surface area contributed by atoms with Gasteiger partial charge in [-0.1, -0.05) is 20.3 Å². The van der Waals surface area contributed by atoms with Gasteiger partial charge in [0.2, 0.25) is 10.0 Å². The Hall–Kier alpha value is -3.82. The van der Waals surface area contributed by atoms with E-state index in [0.29, 0.717) is 55.0 Å². The van der Waals surface area contributed by atoms with E-state index in [4.69, 9.17) is 9.72 Å². The van der Waals surface area contributed by atoms with Crippen LogP contribution < -0.4 is 10.3 Å². The minimum atomic E-state index is -3.90. The number of aromatic amines is 1. The van der Waals surface area contributed by atoms with E-state index in [-0.39, 0.29) is 36.0 Å². The molecule has 3 aromatic rings. The number of ether oxygens (including phenoxy) is 1. The van der Waals surface area contributed by atoms with Crippen LogP contribution in [0.1, 0.15) is 37.9 Å². The Bertz CT molecular complexity index is 1620. The Morgan fingerprint density at radius 2 is 1.90 bits per heavy atom. The van der Waals surface area contributed by atoms with Crippen molar-refractivity contribution >= 4 is 27.3 Å². The summed E-state index contributed by atoms with van der Waals surface area (Å²) in [4.78, 5) is 42.0. The van der Waals surface area contributed by atoms with Crippen LogP contribution in [0.15, 0.2) is 32.9 Å². The van der Waals surface area contributed by atoms with Crippen molar-refractivity contribution in [1.82, 2.24) is 23.7 Å². The minimum absolute atomic E-state index is 0.0508. The van der Waals surface area contributed by atoms with Crippen LogP contribution in [-0.2, 0) is 28.3 Å². The number of rotatable bonds is 13. The maximum absolute atomic E-state index is 13.7. The van der Waals surface area contributed by atoms with E-state index in [0.717, 1.165) is 24.1 Å². The van der Waals surface area contributed by atoms with Crippen molar-refractivity contribution in [2.24, 2.45) is 12.0 Å². The van der Waals surface area contributed by atoms with Gasteiger partial charge in [0, 0.05) is 58.6 Å². The fourth-order valence-corrected chi connectivity index (χ4v) is 6.57. The number of sulfonamides is 1. The van der Waals surface area contributed by atoms with E-state index >= 15 is 0 Å². The molecule has 0 radical (unpaired) electrons. The van der Waals surface area contributed by atoms with Crippen LogP contribution in [0, 0.1) is 10.1 Å². The van der Waals surface area contributed by atoms with E-state index in [1.54, 1.807) is 30.9 Å². The standard InChI is InChI=1S/C27H37N7O7S/c1-5-7-20-22(18-28-3)31(4)25-24(20)29-26(30-27(25)35)21-17-19(8-9-23(21)40-15-6-2)42(38,39)33-12-10-32(11-13-33)14-16-41-34(36)37/h8-9,17-18H,5-7,10-16H2,1-4H3,(H,29,30,35). The lowest BCUT2D eigenvalue weighted by molar-refractivity contribution is -0.757. The lowest BCUT2D eigenvalue weighted by atomic mass is 10.1. The summed E-state index contributed by atoms with van der Waals surface area (Å²) in [5.74, 6) is 0.631. The Balaban J connectivity index is 1.73. The van der Waals surface area contributed by atoms with Crippen molar-refractivity contribution < 1.29 is 23.1 Å². The molecular formula is C27H37N7O7S. The maximum Gasteiger partial charge on any atom is 0.294 e. The lowest BCUT2D eigenvalue weighted by Gasteiger charge is -2.33. The third-order valence-corrected chi connectivity index (χ3v) is 9.07. The number of aromatic nitrogens is 3. The quantitative estimate of drug-likeness (QED) is 0.175. The summed E-state index contributed by atoms with van der Waals surface area (Å²) in [5, 5.41) is 9.56. The molecule has 14 nitrogen and oxygen atoms in total. The van der Waals surface area contributed by atoms with Crippen LogP contribution in [-0.4, -0.2) is 96.4 Å². The zero-order chi connectivity index (χ0) is 30.4. The number of aryl methyl sites for hydroxylation is 2. The number of hydrogen-bond acceptors (Lipinski definition) is 10. The molecule has 1 saturated heterocycles. The number of H-pyrrole nitrogens is 1. The van der Waals surface area contributed by atoms with Gasteiger partial charge in [-0.15, -0.1) is 10.1 Å². The van der Waals surface area contributed by atoms with E-state index < -0.39 is 15.1 Å². The van der Waals surface area contributed by atoms with Crippen LogP contribution in [0.4, 0.5) is 0 Å². The summed E-state index contributed by atoms with van der Waals surface area (Å²) in [5.41, 5.74) is 2.67. The highest BCUT2D eigenvalue weighted by molar-refractivity contribution is 7.89. The fourth-order valence-electron chi connectivity index (χ4n) is 5.12. The second-order valence-electron chi connectivity index (χ2n) is 9.98. The van der Waals surface area contributed by atoms with Gasteiger partial charge in [0.25, 0.3) is 10.6 Å². The molecular weight excluding hydrogens is 566 g/mol. The average molecular weight is 604 g/mol. The largest absolute Gasteiger partial charge is 0.493 e. The van der Waals surface area contributed by atoms with Gasteiger partial charge in [-0.3, -0.25) is 14.7 Å². The monoisotopic (exact) mass is 603 g/mol. The number of piperazine rings is 1. The Morgan fingerprint density at radius 3 is 2.55 bits per heavy atom. The highest BCUT2D eigenvalue weighted by atomic mass is 32.2. The average Bonchev–Trinajstić information content (AvgIpc) is 3.23. The van der Waals surface area contributed by atoms with Crippen LogP contribution in [0.3, 0.4) is 0 Å². The van der Waals surface area contributed by atoms with Gasteiger partial charge < -0.3 is 19.1 Å².